The number of hydrogen-bond acceptors (Lipinski definition) is 4. The third-order valence-electron chi connectivity index (χ3n) is 2.56. The summed E-state index contributed by atoms with van der Waals surface area (Å²) >= 11 is 22.5. The van der Waals surface area contributed by atoms with Crippen LogP contribution in [0.4, 0.5) is 0 Å². The number of hydrogen-bond donors (Lipinski definition) is 0. The molecule has 2 aromatic carbocycles. The van der Waals surface area contributed by atoms with Gasteiger partial charge in [-0.1, -0.05) is 57.9 Å². The molecule has 0 N–H and O–H groups in total. The lowest BCUT2D eigenvalue weighted by molar-refractivity contribution is -0.268. The predicted molar refractivity (Wildman–Crippen MR) is 77.3 cm³/mol. The lowest BCUT2D eigenvalue weighted by atomic mass is 10.3. The molecular formula is C12H4Cl4O4S-2. The quantitative estimate of drug-likeness (QED) is 0.794. The first-order valence-electron chi connectivity index (χ1n) is 5.22. The average molecular weight is 386 g/mol. The highest BCUT2D eigenvalue weighted by Gasteiger charge is 2.21. The average Bonchev–Trinajstić information content (AvgIpc) is 2.40. The molecule has 0 heterocycles. The molecule has 2 rings (SSSR count). The van der Waals surface area contributed by atoms with Crippen LogP contribution in [0.15, 0.2) is 34.1 Å². The minimum atomic E-state index is -4.08. The van der Waals surface area contributed by atoms with Gasteiger partial charge in [0.05, 0.1) is 9.79 Å². The smallest absolute Gasteiger partial charge is 0.206 e. The molecule has 2 aromatic rings. The van der Waals surface area contributed by atoms with E-state index < -0.39 is 21.3 Å². The Morgan fingerprint density at radius 2 is 0.905 bits per heavy atom. The fraction of sp³-hybridized carbons (Fsp3) is 0. The van der Waals surface area contributed by atoms with Crippen molar-refractivity contribution >= 4 is 56.2 Å². The summed E-state index contributed by atoms with van der Waals surface area (Å²) in [6.45, 7) is 0. The second kappa shape index (κ2) is 5.74. The Labute approximate surface area is 140 Å². The molecule has 112 valence electrons. The van der Waals surface area contributed by atoms with Crippen molar-refractivity contribution < 1.29 is 18.6 Å². The van der Waals surface area contributed by atoms with Crippen LogP contribution in [0.5, 0.6) is 11.5 Å². The summed E-state index contributed by atoms with van der Waals surface area (Å²) in [5.41, 5.74) is 0. The predicted octanol–water partition coefficient (Wildman–Crippen LogP) is 3.28. The molecule has 0 aromatic heterocycles. The number of benzene rings is 2. The largest absolute Gasteiger partial charge is 0.870 e. The van der Waals surface area contributed by atoms with E-state index in [-0.39, 0.29) is 29.9 Å². The minimum Gasteiger partial charge on any atom is -0.870 e. The van der Waals surface area contributed by atoms with Crippen LogP contribution in [-0.2, 0) is 9.84 Å². The van der Waals surface area contributed by atoms with Crippen LogP contribution in [0.2, 0.25) is 20.1 Å². The summed E-state index contributed by atoms with van der Waals surface area (Å²) in [7, 11) is -4.08. The maximum atomic E-state index is 12.4. The molecule has 0 fully saturated rings. The molecule has 0 aliphatic carbocycles. The molecule has 4 nitrogen and oxygen atoms in total. The van der Waals surface area contributed by atoms with Gasteiger partial charge < -0.3 is 10.2 Å². The highest BCUT2D eigenvalue weighted by molar-refractivity contribution is 7.91. The van der Waals surface area contributed by atoms with Gasteiger partial charge in [0.1, 0.15) is 0 Å². The number of rotatable bonds is 2. The van der Waals surface area contributed by atoms with Gasteiger partial charge in [0.25, 0.3) is 0 Å². The maximum absolute atomic E-state index is 12.4. The normalized spacial score (nSPS) is 11.6. The number of sulfone groups is 1. The first-order chi connectivity index (χ1) is 9.64. The Hall–Kier alpha value is -0.850. The third kappa shape index (κ3) is 3.03. The van der Waals surface area contributed by atoms with Crippen LogP contribution in [-0.4, -0.2) is 8.42 Å². The van der Waals surface area contributed by atoms with Gasteiger partial charge in [-0.2, -0.15) is 0 Å². The van der Waals surface area contributed by atoms with Gasteiger partial charge in [-0.05, 0) is 24.3 Å². The fourth-order valence-corrected chi connectivity index (χ4v) is 4.12. The molecule has 0 spiro atoms. The molecular weight excluding hydrogens is 382 g/mol. The van der Waals surface area contributed by atoms with Gasteiger partial charge in [0.2, 0.25) is 9.84 Å². The van der Waals surface area contributed by atoms with E-state index in [0.717, 1.165) is 24.3 Å². The van der Waals surface area contributed by atoms with Crippen LogP contribution >= 0.6 is 46.4 Å². The van der Waals surface area contributed by atoms with E-state index in [9.17, 15) is 18.6 Å². The fourth-order valence-electron chi connectivity index (χ4n) is 1.52. The van der Waals surface area contributed by atoms with E-state index in [4.69, 9.17) is 46.4 Å². The van der Waals surface area contributed by atoms with Crippen molar-refractivity contribution in [3.05, 3.63) is 44.4 Å². The third-order valence-corrected chi connectivity index (χ3v) is 5.40. The minimum absolute atomic E-state index is 0.303. The highest BCUT2D eigenvalue weighted by atomic mass is 35.5. The molecule has 0 atom stereocenters. The van der Waals surface area contributed by atoms with Crippen molar-refractivity contribution in [1.82, 2.24) is 0 Å². The van der Waals surface area contributed by atoms with Crippen molar-refractivity contribution in [3.63, 3.8) is 0 Å². The van der Waals surface area contributed by atoms with Gasteiger partial charge in [0.15, 0.2) is 0 Å². The Morgan fingerprint density at radius 3 is 1.14 bits per heavy atom. The summed E-state index contributed by atoms with van der Waals surface area (Å²) in [5, 5.41) is 21.5. The topological polar surface area (TPSA) is 80.3 Å². The van der Waals surface area contributed by atoms with Crippen molar-refractivity contribution in [3.8, 4) is 11.5 Å². The highest BCUT2D eigenvalue weighted by Crippen LogP contribution is 2.37. The maximum Gasteiger partial charge on any atom is 0.206 e. The lowest BCUT2D eigenvalue weighted by Crippen LogP contribution is -2.05. The van der Waals surface area contributed by atoms with Gasteiger partial charge in [-0.15, -0.1) is 0 Å². The van der Waals surface area contributed by atoms with E-state index in [1.54, 1.807) is 0 Å². The van der Waals surface area contributed by atoms with Crippen LogP contribution in [0, 0.1) is 0 Å². The first-order valence-corrected chi connectivity index (χ1v) is 8.21. The van der Waals surface area contributed by atoms with E-state index in [1.165, 1.54) is 0 Å². The van der Waals surface area contributed by atoms with Gasteiger partial charge in [-0.25, -0.2) is 8.42 Å². The van der Waals surface area contributed by atoms with Gasteiger partial charge >= 0.3 is 0 Å². The molecule has 0 aliphatic heterocycles. The number of halogens is 4. The summed E-state index contributed by atoms with van der Waals surface area (Å²) in [4.78, 5) is -0.606. The molecule has 9 heteroatoms. The van der Waals surface area contributed by atoms with Gasteiger partial charge in [0, 0.05) is 20.1 Å². The summed E-state index contributed by atoms with van der Waals surface area (Å²) in [6, 6.07) is 3.88. The van der Waals surface area contributed by atoms with Crippen LogP contribution in [0.1, 0.15) is 0 Å². The molecule has 0 bridgehead atoms. The Kier molecular flexibility index (Phi) is 4.52. The van der Waals surface area contributed by atoms with E-state index >= 15 is 0 Å². The monoisotopic (exact) mass is 384 g/mol. The summed E-state index contributed by atoms with van der Waals surface area (Å²) in [6.07, 6.45) is 0. The first kappa shape index (κ1) is 16.5. The van der Waals surface area contributed by atoms with E-state index in [2.05, 4.69) is 0 Å². The van der Waals surface area contributed by atoms with Crippen LogP contribution in [0.3, 0.4) is 0 Å². The molecule has 0 aliphatic rings. The Balaban J connectivity index is 2.68. The van der Waals surface area contributed by atoms with Crippen LogP contribution in [0.25, 0.3) is 0 Å². The van der Waals surface area contributed by atoms with Crippen molar-refractivity contribution in [2.24, 2.45) is 0 Å². The van der Waals surface area contributed by atoms with Crippen molar-refractivity contribution in [2.45, 2.75) is 9.79 Å². The molecule has 0 radical (unpaired) electrons. The Bertz CT molecular complexity index is 724. The zero-order chi connectivity index (χ0) is 15.9. The standard InChI is InChI=1S/C12H6Cl4O4S/c13-7-1-5(2-8(14)11(7)17)21(19,20)6-3-9(15)12(18)10(16)4-6/h1-4,17-18H/p-2. The lowest BCUT2D eigenvalue weighted by Gasteiger charge is -2.15. The van der Waals surface area contributed by atoms with Crippen molar-refractivity contribution in [1.29, 1.82) is 0 Å². The second-order valence-corrected chi connectivity index (χ2v) is 7.51. The van der Waals surface area contributed by atoms with E-state index in [1.807, 2.05) is 0 Å². The zero-order valence-corrected chi connectivity index (χ0v) is 13.7. The zero-order valence-electron chi connectivity index (χ0n) is 9.86. The Morgan fingerprint density at radius 1 is 0.667 bits per heavy atom. The van der Waals surface area contributed by atoms with E-state index in [0.29, 0.717) is 0 Å². The van der Waals surface area contributed by atoms with Crippen LogP contribution < -0.4 is 10.2 Å². The molecule has 0 unspecified atom stereocenters. The molecule has 0 saturated heterocycles. The SMILES string of the molecule is O=S(=O)(c1cc(Cl)c([O-])c(Cl)c1)c1cc(Cl)c([O-])c(Cl)c1. The summed E-state index contributed by atoms with van der Waals surface area (Å²) in [5.74, 6) is -1.36. The molecule has 21 heavy (non-hydrogen) atoms. The van der Waals surface area contributed by atoms with Crippen molar-refractivity contribution in [2.75, 3.05) is 0 Å². The molecule has 0 amide bonds. The van der Waals surface area contributed by atoms with Gasteiger partial charge in [-0.3, -0.25) is 0 Å². The molecule has 0 saturated carbocycles. The second-order valence-electron chi connectivity index (χ2n) is 3.94. The summed E-state index contributed by atoms with van der Waals surface area (Å²) < 4.78 is 24.9.